The van der Waals surface area contributed by atoms with Gasteiger partial charge in [0.25, 0.3) is 0 Å². The third kappa shape index (κ3) is 5.47. The first-order chi connectivity index (χ1) is 21.7. The van der Waals surface area contributed by atoms with E-state index in [-0.39, 0.29) is 35.6 Å². The Balaban J connectivity index is 1.22. The lowest BCUT2D eigenvalue weighted by Gasteiger charge is -2.47. The number of benzene rings is 3. The molecule has 0 bridgehead atoms. The quantitative estimate of drug-likeness (QED) is 0.214. The third-order valence-corrected chi connectivity index (χ3v) is 10.1. The molecule has 3 aromatic rings. The van der Waals surface area contributed by atoms with Crippen LogP contribution in [0, 0.1) is 11.8 Å². The summed E-state index contributed by atoms with van der Waals surface area (Å²) in [6.45, 7) is 4.24. The van der Waals surface area contributed by atoms with Gasteiger partial charge in [-0.3, -0.25) is 4.90 Å². The number of ether oxygens (including phenoxy) is 4. The number of nitrogens with one attached hydrogen (secondary N) is 1. The maximum absolute atomic E-state index is 13.4. The molecule has 2 saturated heterocycles. The summed E-state index contributed by atoms with van der Waals surface area (Å²) < 4.78 is 23.9. The second kappa shape index (κ2) is 12.9. The lowest BCUT2D eigenvalue weighted by Crippen LogP contribution is -2.52. The van der Waals surface area contributed by atoms with E-state index < -0.39 is 0 Å². The summed E-state index contributed by atoms with van der Waals surface area (Å²) in [5.41, 5.74) is 6.38. The first-order valence-corrected chi connectivity index (χ1v) is 16.0. The Hall–Kier alpha value is -3.49. The van der Waals surface area contributed by atoms with Gasteiger partial charge in [-0.1, -0.05) is 78.9 Å². The van der Waals surface area contributed by atoms with Crippen LogP contribution in [-0.2, 0) is 42.3 Å². The Bertz CT molecular complexity index is 1470. The Morgan fingerprint density at radius 3 is 2.43 bits per heavy atom. The number of para-hydroxylation sites is 1. The molecular weight excluding hydrogens is 552 g/mol. The summed E-state index contributed by atoms with van der Waals surface area (Å²) in [5, 5.41) is 3.72. The lowest BCUT2D eigenvalue weighted by atomic mass is 9.61. The third-order valence-electron chi connectivity index (χ3n) is 10.1. The minimum absolute atomic E-state index is 0.138. The molecule has 3 aliphatic heterocycles. The van der Waals surface area contributed by atoms with Gasteiger partial charge in [0.2, 0.25) is 0 Å². The van der Waals surface area contributed by atoms with Crippen LogP contribution in [0.3, 0.4) is 0 Å². The molecule has 2 fully saturated rings. The molecule has 44 heavy (non-hydrogen) atoms. The van der Waals surface area contributed by atoms with E-state index in [1.54, 1.807) is 0 Å². The van der Waals surface area contributed by atoms with Crippen LogP contribution >= 0.6 is 0 Å². The van der Waals surface area contributed by atoms with Crippen LogP contribution in [0.5, 0.6) is 0 Å². The van der Waals surface area contributed by atoms with Gasteiger partial charge in [-0.25, -0.2) is 4.79 Å². The number of anilines is 1. The zero-order valence-electron chi connectivity index (χ0n) is 25.5. The summed E-state index contributed by atoms with van der Waals surface area (Å²) in [5.74, 6) is 0.0965. The molecule has 0 saturated carbocycles. The predicted octanol–water partition coefficient (Wildman–Crippen LogP) is 6.06. The summed E-state index contributed by atoms with van der Waals surface area (Å²) >= 11 is 0. The molecule has 3 aromatic carbocycles. The minimum atomic E-state index is -0.302. The van der Waals surface area contributed by atoms with Crippen LogP contribution in [0.15, 0.2) is 96.2 Å². The van der Waals surface area contributed by atoms with E-state index in [0.717, 1.165) is 49.3 Å². The van der Waals surface area contributed by atoms with Gasteiger partial charge >= 0.3 is 5.97 Å². The van der Waals surface area contributed by atoms with Gasteiger partial charge in [0.1, 0.15) is 0 Å². The van der Waals surface area contributed by atoms with Gasteiger partial charge in [0, 0.05) is 43.0 Å². The van der Waals surface area contributed by atoms with Crippen molar-refractivity contribution < 1.29 is 23.7 Å². The number of carbonyl (C=O) groups excluding carboxylic acids is 1. The molecule has 230 valence electrons. The maximum atomic E-state index is 13.4. The van der Waals surface area contributed by atoms with Crippen LogP contribution in [0.2, 0.25) is 0 Å². The number of hydrogen-bond donors (Lipinski definition) is 1. The molecule has 0 amide bonds. The predicted molar refractivity (Wildman–Crippen MR) is 169 cm³/mol. The molecule has 1 spiro atoms. The van der Waals surface area contributed by atoms with E-state index in [1.165, 1.54) is 23.8 Å². The molecule has 4 atom stereocenters. The molecular formula is C37H42N2O5. The van der Waals surface area contributed by atoms with Crippen molar-refractivity contribution in [3.63, 3.8) is 0 Å². The molecule has 0 aromatic heterocycles. The van der Waals surface area contributed by atoms with Crippen LogP contribution in [0.1, 0.15) is 42.4 Å². The van der Waals surface area contributed by atoms with E-state index >= 15 is 0 Å². The van der Waals surface area contributed by atoms with Crippen molar-refractivity contribution in [3.8, 4) is 0 Å². The molecule has 1 unspecified atom stereocenters. The van der Waals surface area contributed by atoms with Gasteiger partial charge in [-0.15, -0.1) is 0 Å². The molecule has 3 heterocycles. The number of hydrogen-bond acceptors (Lipinski definition) is 7. The number of methoxy groups -OCH3 is 1. The number of esters is 1. The Morgan fingerprint density at radius 1 is 0.977 bits per heavy atom. The highest BCUT2D eigenvalue weighted by atomic mass is 16.7. The number of carbonyl (C=O) groups is 1. The van der Waals surface area contributed by atoms with E-state index in [9.17, 15) is 4.79 Å². The highest BCUT2D eigenvalue weighted by molar-refractivity contribution is 5.93. The van der Waals surface area contributed by atoms with Gasteiger partial charge in [0.15, 0.2) is 6.29 Å². The Labute approximate surface area is 260 Å². The van der Waals surface area contributed by atoms with E-state index in [0.29, 0.717) is 32.8 Å². The van der Waals surface area contributed by atoms with Crippen molar-refractivity contribution in [2.24, 2.45) is 11.8 Å². The van der Waals surface area contributed by atoms with Crippen LogP contribution < -0.4 is 5.32 Å². The van der Waals surface area contributed by atoms with Crippen molar-refractivity contribution in [3.05, 3.63) is 113 Å². The fraction of sp³-hybridized carbons (Fsp3) is 0.432. The van der Waals surface area contributed by atoms with Crippen LogP contribution in [0.25, 0.3) is 0 Å². The smallest absolute Gasteiger partial charge is 0.335 e. The van der Waals surface area contributed by atoms with E-state index in [2.05, 4.69) is 76.9 Å². The first kappa shape index (κ1) is 29.2. The monoisotopic (exact) mass is 594 g/mol. The number of fused-ring (bicyclic) bond motifs is 1. The summed E-state index contributed by atoms with van der Waals surface area (Å²) in [4.78, 5) is 16.1. The summed E-state index contributed by atoms with van der Waals surface area (Å²) in [6, 6.07) is 29.8. The fourth-order valence-corrected chi connectivity index (χ4v) is 8.29. The molecule has 7 rings (SSSR count). The zero-order chi connectivity index (χ0) is 29.9. The largest absolute Gasteiger partial charge is 0.466 e. The average molecular weight is 595 g/mol. The Kier molecular flexibility index (Phi) is 8.54. The second-order valence-corrected chi connectivity index (χ2v) is 12.5. The maximum Gasteiger partial charge on any atom is 0.335 e. The van der Waals surface area contributed by atoms with Crippen LogP contribution in [0.4, 0.5) is 5.69 Å². The average Bonchev–Trinajstić information content (AvgIpc) is 3.81. The number of rotatable bonds is 11. The number of likely N-dealkylation sites (tertiary alicyclic amines) is 1. The number of nitrogens with zero attached hydrogens (tertiary/aromatic N) is 1. The van der Waals surface area contributed by atoms with Crippen molar-refractivity contribution in [2.75, 3.05) is 38.8 Å². The van der Waals surface area contributed by atoms with Crippen molar-refractivity contribution in [2.45, 2.75) is 56.6 Å². The molecule has 7 heteroatoms. The van der Waals surface area contributed by atoms with Gasteiger partial charge in [-0.05, 0) is 54.4 Å². The van der Waals surface area contributed by atoms with E-state index in [4.69, 9.17) is 18.9 Å². The van der Waals surface area contributed by atoms with Gasteiger partial charge < -0.3 is 24.3 Å². The minimum Gasteiger partial charge on any atom is -0.466 e. The van der Waals surface area contributed by atoms with Crippen molar-refractivity contribution in [1.82, 2.24) is 4.90 Å². The lowest BCUT2D eigenvalue weighted by molar-refractivity contribution is -0.137. The first-order valence-electron chi connectivity index (χ1n) is 16.0. The molecule has 0 radical (unpaired) electrons. The van der Waals surface area contributed by atoms with Crippen molar-refractivity contribution in [1.29, 1.82) is 0 Å². The second-order valence-electron chi connectivity index (χ2n) is 12.5. The van der Waals surface area contributed by atoms with Crippen LogP contribution in [-0.4, -0.2) is 56.7 Å². The molecule has 1 N–H and O–H groups in total. The van der Waals surface area contributed by atoms with E-state index in [1.807, 2.05) is 18.2 Å². The highest BCUT2D eigenvalue weighted by Crippen LogP contribution is 2.60. The zero-order valence-corrected chi connectivity index (χ0v) is 25.5. The molecule has 7 nitrogen and oxygen atoms in total. The van der Waals surface area contributed by atoms with Gasteiger partial charge in [0.05, 0.1) is 37.9 Å². The highest BCUT2D eigenvalue weighted by Gasteiger charge is 2.61. The summed E-state index contributed by atoms with van der Waals surface area (Å²) in [7, 11) is 1.50. The standard InChI is InChI=1S/C37H42N2O5/c1-41-35(40)30-23-29(22-28(36-43-20-21-44-36)16-19-42-25-27-12-6-3-7-13-27)34-37(31-14-8-9-15-32(31)38-33(30)37)17-18-39(34)24-26-10-4-2-5-11-26/h2-15,28-29,34,36,38H,16-25H2,1H3/t28?,29-,34+,37+/m1/s1. The fourth-order valence-electron chi connectivity index (χ4n) is 8.29. The van der Waals surface area contributed by atoms with Crippen molar-refractivity contribution >= 4 is 11.7 Å². The normalized spacial score (nSPS) is 25.3. The Morgan fingerprint density at radius 2 is 1.68 bits per heavy atom. The SMILES string of the molecule is COC(=O)C1=C2Nc3ccccc3[C@@]23CCN(Cc2ccccc2)[C@H]3[C@H](CC(CCOCc2ccccc2)C2OCCO2)C1. The molecule has 1 aliphatic carbocycles. The summed E-state index contributed by atoms with van der Waals surface area (Å²) in [6.07, 6.45) is 3.02. The van der Waals surface area contributed by atoms with Gasteiger partial charge in [-0.2, -0.15) is 0 Å². The topological polar surface area (TPSA) is 69.3 Å². The molecule has 4 aliphatic rings.